The first kappa shape index (κ1) is 28.9. The van der Waals surface area contributed by atoms with E-state index in [4.69, 9.17) is 5.73 Å². The number of piperidine rings is 1. The summed E-state index contributed by atoms with van der Waals surface area (Å²) in [5, 5.41) is 9.74. The number of hydrogen-bond donors (Lipinski definition) is 4. The summed E-state index contributed by atoms with van der Waals surface area (Å²) in [6.45, 7) is 2.73. The predicted molar refractivity (Wildman–Crippen MR) is 166 cm³/mol. The zero-order chi connectivity index (χ0) is 29.1. The second-order valence-electron chi connectivity index (χ2n) is 11.9. The quantitative estimate of drug-likeness (QED) is 0.329. The average Bonchev–Trinajstić information content (AvgIpc) is 3.69. The van der Waals surface area contributed by atoms with Crippen molar-refractivity contribution in [1.82, 2.24) is 20.3 Å². The van der Waals surface area contributed by atoms with Gasteiger partial charge in [0.15, 0.2) is 0 Å². The summed E-state index contributed by atoms with van der Waals surface area (Å²) >= 11 is 0. The Labute approximate surface area is 249 Å². The number of amides is 2. The van der Waals surface area contributed by atoms with Gasteiger partial charge >= 0.3 is 6.03 Å². The molecule has 1 saturated heterocycles. The molecule has 4 aliphatic rings. The van der Waals surface area contributed by atoms with Crippen LogP contribution in [0.5, 0.6) is 0 Å². The van der Waals surface area contributed by atoms with Gasteiger partial charge in [0.05, 0.1) is 10.6 Å². The van der Waals surface area contributed by atoms with Crippen molar-refractivity contribution in [3.05, 3.63) is 77.5 Å². The van der Waals surface area contributed by atoms with Crippen LogP contribution in [0, 0.1) is 5.92 Å². The van der Waals surface area contributed by atoms with Crippen LogP contribution in [-0.4, -0.2) is 50.6 Å². The predicted octanol–water partition coefficient (Wildman–Crippen LogP) is 4.24. The normalized spacial score (nSPS) is 21.6. The van der Waals surface area contributed by atoms with Crippen LogP contribution in [-0.2, 0) is 16.6 Å². The van der Waals surface area contributed by atoms with Crippen molar-refractivity contribution < 1.29 is 13.2 Å². The Bertz CT molecular complexity index is 1430. The largest absolute Gasteiger partial charge is 0.361 e. The molecule has 1 saturated carbocycles. The number of rotatable bonds is 10. The molecule has 0 aromatic heterocycles. The van der Waals surface area contributed by atoms with Gasteiger partial charge in [-0.25, -0.2) is 13.2 Å². The molecule has 3 aliphatic heterocycles. The summed E-state index contributed by atoms with van der Waals surface area (Å²) in [6.07, 6.45) is 12.4. The maximum absolute atomic E-state index is 13.9. The summed E-state index contributed by atoms with van der Waals surface area (Å²) in [5.41, 5.74) is 10.1. The van der Waals surface area contributed by atoms with E-state index in [1.807, 2.05) is 48.7 Å². The number of anilines is 1. The third kappa shape index (κ3) is 6.13. The van der Waals surface area contributed by atoms with Crippen molar-refractivity contribution in [2.24, 2.45) is 11.7 Å². The molecule has 2 fully saturated rings. The van der Waals surface area contributed by atoms with Gasteiger partial charge < -0.3 is 21.7 Å². The third-order valence-corrected chi connectivity index (χ3v) is 11.1. The zero-order valence-electron chi connectivity index (χ0n) is 24.1. The molecule has 42 heavy (non-hydrogen) atoms. The Hall–Kier alpha value is -3.18. The number of nitrogens with zero attached hydrogens (tertiary/aromatic N) is 2. The molecule has 2 aromatic rings. The summed E-state index contributed by atoms with van der Waals surface area (Å²) in [4.78, 5) is 14.8. The molecule has 224 valence electrons. The second kappa shape index (κ2) is 12.6. The van der Waals surface area contributed by atoms with Gasteiger partial charge in [0, 0.05) is 36.6 Å². The third-order valence-electron chi connectivity index (χ3n) is 9.11. The lowest BCUT2D eigenvalue weighted by Gasteiger charge is -2.34. The van der Waals surface area contributed by atoms with Crippen molar-refractivity contribution in [1.29, 1.82) is 0 Å². The fourth-order valence-corrected chi connectivity index (χ4v) is 8.41. The van der Waals surface area contributed by atoms with Crippen LogP contribution < -0.4 is 26.6 Å². The number of nitrogens with two attached hydrogens (primary N) is 1. The molecule has 2 amide bonds. The van der Waals surface area contributed by atoms with Gasteiger partial charge in [-0.1, -0.05) is 49.9 Å². The zero-order valence-corrected chi connectivity index (χ0v) is 24.9. The highest BCUT2D eigenvalue weighted by Gasteiger charge is 2.34. The van der Waals surface area contributed by atoms with Gasteiger partial charge in [-0.3, -0.25) is 4.90 Å². The van der Waals surface area contributed by atoms with Crippen LogP contribution >= 0.6 is 0 Å². The number of carbonyl (C=O) groups is 1. The van der Waals surface area contributed by atoms with Gasteiger partial charge in [0.25, 0.3) is 0 Å². The van der Waals surface area contributed by atoms with E-state index in [1.54, 1.807) is 21.3 Å². The molecule has 6 rings (SSSR count). The number of nitrogens with one attached hydrogen (secondary N) is 3. The lowest BCUT2D eigenvalue weighted by atomic mass is 10.0. The lowest BCUT2D eigenvalue weighted by molar-refractivity contribution is 0.244. The van der Waals surface area contributed by atoms with E-state index in [-0.39, 0.29) is 18.2 Å². The summed E-state index contributed by atoms with van der Waals surface area (Å²) in [7, 11) is -3.63. The minimum absolute atomic E-state index is 0.0341. The summed E-state index contributed by atoms with van der Waals surface area (Å²) < 4.78 is 29.7. The number of benzene rings is 2. The highest BCUT2D eigenvalue weighted by molar-refractivity contribution is 7.89. The average molecular weight is 591 g/mol. The fourth-order valence-electron chi connectivity index (χ4n) is 6.68. The molecule has 0 radical (unpaired) electrons. The molecule has 9 nitrogen and oxygen atoms in total. The maximum Gasteiger partial charge on any atom is 0.327 e. The standard InChI is InChI=1S/C32H42N6O3S/c33-21-24-7-11-27(12-8-24)37-22-26-20-30(35-31(26)36-32(37)39)25-9-13-29(14-10-25)42(40,41)38(28-15-17-34-18-16-28)19-3-6-23-4-1-2-5-23/h7-14,20,22-23,28,31,34-35H,1-6,15-19,21,33H2,(H,36,39). The number of sulfonamides is 1. The highest BCUT2D eigenvalue weighted by Crippen LogP contribution is 2.32. The molecular formula is C32H42N6O3S. The van der Waals surface area contributed by atoms with Crippen molar-refractivity contribution >= 4 is 27.4 Å². The van der Waals surface area contributed by atoms with Crippen LogP contribution in [0.2, 0.25) is 0 Å². The van der Waals surface area contributed by atoms with Gasteiger partial charge in [-0.2, -0.15) is 4.31 Å². The number of carbonyl (C=O) groups excluding carboxylic acids is 1. The Morgan fingerprint density at radius 1 is 0.929 bits per heavy atom. The van der Waals surface area contributed by atoms with Crippen LogP contribution in [0.15, 0.2) is 71.3 Å². The molecule has 0 spiro atoms. The van der Waals surface area contributed by atoms with Gasteiger partial charge in [0.2, 0.25) is 10.0 Å². The maximum atomic E-state index is 13.9. The van der Waals surface area contributed by atoms with Crippen molar-refractivity contribution in [3.8, 4) is 0 Å². The van der Waals surface area contributed by atoms with E-state index in [1.165, 1.54) is 25.7 Å². The number of hydrogen-bond acceptors (Lipinski definition) is 6. The summed E-state index contributed by atoms with van der Waals surface area (Å²) in [5.74, 6) is 0.751. The van der Waals surface area contributed by atoms with E-state index >= 15 is 0 Å². The van der Waals surface area contributed by atoms with E-state index in [0.29, 0.717) is 18.0 Å². The Kier molecular flexibility index (Phi) is 8.67. The fraction of sp³-hybridized carbons (Fsp3) is 0.469. The van der Waals surface area contributed by atoms with Gasteiger partial charge in [-0.15, -0.1) is 0 Å². The molecular weight excluding hydrogens is 548 g/mol. The minimum atomic E-state index is -3.63. The number of fused-ring (bicyclic) bond motifs is 1. The minimum Gasteiger partial charge on any atom is -0.361 e. The van der Waals surface area contributed by atoms with Crippen LogP contribution in [0.4, 0.5) is 10.5 Å². The molecule has 2 aromatic carbocycles. The second-order valence-corrected chi connectivity index (χ2v) is 13.8. The van der Waals surface area contributed by atoms with Gasteiger partial charge in [0.1, 0.15) is 6.17 Å². The SMILES string of the molecule is NCc1ccc(N2C=C3C=C(c4ccc(S(=O)(=O)N(CCCC5CCCC5)C5CCNCC5)cc4)NC3NC2=O)cc1. The van der Waals surface area contributed by atoms with Gasteiger partial charge in [-0.05, 0) is 86.2 Å². The van der Waals surface area contributed by atoms with Crippen molar-refractivity contribution in [2.45, 2.75) is 75.0 Å². The molecule has 1 aliphatic carbocycles. The molecule has 5 N–H and O–H groups in total. The lowest BCUT2D eigenvalue weighted by Crippen LogP contribution is -2.51. The molecule has 3 heterocycles. The van der Waals surface area contributed by atoms with Crippen molar-refractivity contribution in [2.75, 3.05) is 24.5 Å². The Balaban J connectivity index is 1.18. The summed E-state index contributed by atoms with van der Waals surface area (Å²) in [6, 6.07) is 14.6. The Morgan fingerprint density at radius 2 is 1.64 bits per heavy atom. The monoisotopic (exact) mass is 590 g/mol. The first-order chi connectivity index (χ1) is 20.4. The van der Waals surface area contributed by atoms with E-state index in [0.717, 1.165) is 72.8 Å². The van der Waals surface area contributed by atoms with E-state index in [9.17, 15) is 13.2 Å². The first-order valence-electron chi connectivity index (χ1n) is 15.3. The van der Waals surface area contributed by atoms with E-state index < -0.39 is 10.0 Å². The molecule has 1 unspecified atom stereocenters. The highest BCUT2D eigenvalue weighted by atomic mass is 32.2. The van der Waals surface area contributed by atoms with E-state index in [2.05, 4.69) is 16.0 Å². The Morgan fingerprint density at radius 3 is 2.33 bits per heavy atom. The molecule has 10 heteroatoms. The topological polar surface area (TPSA) is 120 Å². The first-order valence-corrected chi connectivity index (χ1v) is 16.8. The molecule has 1 atom stereocenters. The van der Waals surface area contributed by atoms with Crippen LogP contribution in [0.1, 0.15) is 62.5 Å². The number of urea groups is 1. The smallest absolute Gasteiger partial charge is 0.327 e. The van der Waals surface area contributed by atoms with Crippen LogP contribution in [0.25, 0.3) is 5.70 Å². The van der Waals surface area contributed by atoms with Crippen molar-refractivity contribution in [3.63, 3.8) is 0 Å². The van der Waals surface area contributed by atoms with Crippen LogP contribution in [0.3, 0.4) is 0 Å². The molecule has 0 bridgehead atoms.